The number of carbonyl (C=O) groups is 1. The summed E-state index contributed by atoms with van der Waals surface area (Å²) >= 11 is 0. The summed E-state index contributed by atoms with van der Waals surface area (Å²) in [5.41, 5.74) is 1.05. The molecule has 0 radical (unpaired) electrons. The number of hydrogen-bond donors (Lipinski definition) is 2. The Hall–Kier alpha value is -1.30. The largest absolute Gasteiger partial charge is 0.491 e. The van der Waals surface area contributed by atoms with Crippen LogP contribution in [-0.4, -0.2) is 38.8 Å². The van der Waals surface area contributed by atoms with Gasteiger partial charge in [-0.1, -0.05) is 12.1 Å². The van der Waals surface area contributed by atoms with Crippen LogP contribution >= 0.6 is 12.4 Å². The second-order valence-electron chi connectivity index (χ2n) is 4.76. The van der Waals surface area contributed by atoms with Crippen LogP contribution in [0.1, 0.15) is 19.4 Å². The first kappa shape index (κ1) is 19.7. The highest BCUT2D eigenvalue weighted by Crippen LogP contribution is 2.13. The van der Waals surface area contributed by atoms with Crippen molar-refractivity contribution in [3.8, 4) is 5.75 Å². The van der Waals surface area contributed by atoms with Gasteiger partial charge in [-0.2, -0.15) is 0 Å². The van der Waals surface area contributed by atoms with Crippen molar-refractivity contribution in [2.45, 2.75) is 26.5 Å². The predicted octanol–water partition coefficient (Wildman–Crippen LogP) is 1.75. The molecule has 0 saturated heterocycles. The lowest BCUT2D eigenvalue weighted by Gasteiger charge is -2.10. The lowest BCUT2D eigenvalue weighted by molar-refractivity contribution is -0.120. The summed E-state index contributed by atoms with van der Waals surface area (Å²) in [5, 5.41) is 5.85. The maximum absolute atomic E-state index is 11.6. The third-order valence-electron chi connectivity index (χ3n) is 2.55. The van der Waals surface area contributed by atoms with Crippen LogP contribution in [0.5, 0.6) is 5.75 Å². The maximum atomic E-state index is 11.6. The lowest BCUT2D eigenvalue weighted by Crippen LogP contribution is -2.34. The van der Waals surface area contributed by atoms with Gasteiger partial charge in [-0.3, -0.25) is 4.79 Å². The summed E-state index contributed by atoms with van der Waals surface area (Å²) in [6, 6.07) is 7.74. The molecule has 5 nitrogen and oxygen atoms in total. The van der Waals surface area contributed by atoms with Gasteiger partial charge < -0.3 is 20.1 Å². The molecule has 0 fully saturated rings. The van der Waals surface area contributed by atoms with Crippen LogP contribution in [0, 0.1) is 0 Å². The molecule has 1 rings (SSSR count). The molecule has 120 valence electrons. The summed E-state index contributed by atoms with van der Waals surface area (Å²) in [5.74, 6) is 0.819. The molecular formula is C15H25ClN2O3. The topological polar surface area (TPSA) is 59.6 Å². The fourth-order valence-electron chi connectivity index (χ4n) is 1.60. The number of hydrogen-bond acceptors (Lipinski definition) is 4. The molecule has 21 heavy (non-hydrogen) atoms. The zero-order valence-electron chi connectivity index (χ0n) is 12.8. The van der Waals surface area contributed by atoms with Gasteiger partial charge in [-0.25, -0.2) is 0 Å². The Morgan fingerprint density at radius 1 is 1.24 bits per heavy atom. The molecule has 1 amide bonds. The lowest BCUT2D eigenvalue weighted by atomic mass is 10.2. The van der Waals surface area contributed by atoms with Crippen LogP contribution in [0.3, 0.4) is 0 Å². The van der Waals surface area contributed by atoms with Gasteiger partial charge >= 0.3 is 0 Å². The Labute approximate surface area is 132 Å². The highest BCUT2D eigenvalue weighted by atomic mass is 35.5. The SMILES string of the molecule is COCCNCC(=O)NCc1ccc(OC(C)C)cc1.Cl. The summed E-state index contributed by atoms with van der Waals surface area (Å²) in [7, 11) is 1.63. The standard InChI is InChI=1S/C15H24N2O3.ClH/c1-12(2)20-14-6-4-13(5-7-14)10-17-15(18)11-16-8-9-19-3;/h4-7,12,16H,8-11H2,1-3H3,(H,17,18);1H. The van der Waals surface area contributed by atoms with Gasteiger partial charge in [0.05, 0.1) is 19.3 Å². The normalized spacial score (nSPS) is 10.1. The van der Waals surface area contributed by atoms with E-state index in [0.29, 0.717) is 26.2 Å². The van der Waals surface area contributed by atoms with Crippen LogP contribution in [0.2, 0.25) is 0 Å². The van der Waals surface area contributed by atoms with Crippen molar-refractivity contribution in [3.63, 3.8) is 0 Å². The average molecular weight is 317 g/mol. The van der Waals surface area contributed by atoms with E-state index in [4.69, 9.17) is 9.47 Å². The Balaban J connectivity index is 0.00000400. The fraction of sp³-hybridized carbons (Fsp3) is 0.533. The Kier molecular flexibility index (Phi) is 10.7. The van der Waals surface area contributed by atoms with E-state index < -0.39 is 0 Å². The molecule has 2 N–H and O–H groups in total. The molecule has 0 aliphatic rings. The second-order valence-corrected chi connectivity index (χ2v) is 4.76. The fourth-order valence-corrected chi connectivity index (χ4v) is 1.60. The molecule has 1 aromatic carbocycles. The summed E-state index contributed by atoms with van der Waals surface area (Å²) in [6.07, 6.45) is 0.165. The maximum Gasteiger partial charge on any atom is 0.234 e. The van der Waals surface area contributed by atoms with E-state index in [1.807, 2.05) is 38.1 Å². The number of amides is 1. The molecule has 0 unspecified atom stereocenters. The van der Waals surface area contributed by atoms with Gasteiger partial charge in [0.2, 0.25) is 5.91 Å². The highest BCUT2D eigenvalue weighted by molar-refractivity contribution is 5.85. The smallest absolute Gasteiger partial charge is 0.234 e. The molecular weight excluding hydrogens is 292 g/mol. The van der Waals surface area contributed by atoms with E-state index in [1.165, 1.54) is 0 Å². The van der Waals surface area contributed by atoms with Crippen LogP contribution in [-0.2, 0) is 16.1 Å². The highest BCUT2D eigenvalue weighted by Gasteiger charge is 2.01. The number of ether oxygens (including phenoxy) is 2. The van der Waals surface area contributed by atoms with E-state index >= 15 is 0 Å². The molecule has 0 heterocycles. The van der Waals surface area contributed by atoms with Crippen molar-refractivity contribution < 1.29 is 14.3 Å². The zero-order valence-corrected chi connectivity index (χ0v) is 13.7. The molecule has 0 aromatic heterocycles. The summed E-state index contributed by atoms with van der Waals surface area (Å²) < 4.78 is 10.4. The quantitative estimate of drug-likeness (QED) is 0.681. The van der Waals surface area contributed by atoms with Gasteiger partial charge in [0.1, 0.15) is 5.75 Å². The minimum Gasteiger partial charge on any atom is -0.491 e. The van der Waals surface area contributed by atoms with E-state index in [2.05, 4.69) is 10.6 Å². The first-order chi connectivity index (χ1) is 9.61. The molecule has 0 spiro atoms. The Morgan fingerprint density at radius 3 is 2.48 bits per heavy atom. The van der Waals surface area contributed by atoms with Crippen molar-refractivity contribution in [1.82, 2.24) is 10.6 Å². The van der Waals surface area contributed by atoms with Crippen molar-refractivity contribution in [2.24, 2.45) is 0 Å². The van der Waals surface area contributed by atoms with Gasteiger partial charge in [0, 0.05) is 20.2 Å². The molecule has 6 heteroatoms. The monoisotopic (exact) mass is 316 g/mol. The Bertz CT molecular complexity index is 396. The molecule has 0 bridgehead atoms. The third kappa shape index (κ3) is 9.28. The number of carbonyl (C=O) groups excluding carboxylic acids is 1. The van der Waals surface area contributed by atoms with Crippen LogP contribution in [0.15, 0.2) is 24.3 Å². The number of benzene rings is 1. The van der Waals surface area contributed by atoms with E-state index in [9.17, 15) is 4.79 Å². The van der Waals surface area contributed by atoms with Crippen LogP contribution in [0.25, 0.3) is 0 Å². The first-order valence-electron chi connectivity index (χ1n) is 6.83. The third-order valence-corrected chi connectivity index (χ3v) is 2.55. The first-order valence-corrected chi connectivity index (χ1v) is 6.83. The minimum atomic E-state index is -0.0244. The minimum absolute atomic E-state index is 0. The van der Waals surface area contributed by atoms with E-state index in [0.717, 1.165) is 11.3 Å². The van der Waals surface area contributed by atoms with E-state index in [-0.39, 0.29) is 24.4 Å². The second kappa shape index (κ2) is 11.4. The molecule has 1 aromatic rings. The predicted molar refractivity (Wildman–Crippen MR) is 86.0 cm³/mol. The molecule has 0 aliphatic heterocycles. The van der Waals surface area contributed by atoms with Crippen molar-refractivity contribution >= 4 is 18.3 Å². The van der Waals surface area contributed by atoms with Crippen molar-refractivity contribution in [2.75, 3.05) is 26.8 Å². The summed E-state index contributed by atoms with van der Waals surface area (Å²) in [6.45, 7) is 6.08. The summed E-state index contributed by atoms with van der Waals surface area (Å²) in [4.78, 5) is 11.6. The van der Waals surface area contributed by atoms with Crippen LogP contribution < -0.4 is 15.4 Å². The average Bonchev–Trinajstić information content (AvgIpc) is 2.42. The van der Waals surface area contributed by atoms with Gasteiger partial charge in [-0.05, 0) is 31.5 Å². The van der Waals surface area contributed by atoms with Gasteiger partial charge in [0.15, 0.2) is 0 Å². The zero-order chi connectivity index (χ0) is 14.8. The van der Waals surface area contributed by atoms with E-state index in [1.54, 1.807) is 7.11 Å². The van der Waals surface area contributed by atoms with Crippen molar-refractivity contribution in [1.29, 1.82) is 0 Å². The van der Waals surface area contributed by atoms with Gasteiger partial charge in [-0.15, -0.1) is 12.4 Å². The van der Waals surface area contributed by atoms with Crippen molar-refractivity contribution in [3.05, 3.63) is 29.8 Å². The number of methoxy groups -OCH3 is 1. The van der Waals surface area contributed by atoms with Crippen LogP contribution in [0.4, 0.5) is 0 Å². The number of halogens is 1. The van der Waals surface area contributed by atoms with Gasteiger partial charge in [0.25, 0.3) is 0 Å². The molecule has 0 aliphatic carbocycles. The number of nitrogens with one attached hydrogen (secondary N) is 2. The molecule has 0 atom stereocenters. The number of rotatable bonds is 9. The molecule has 0 saturated carbocycles. The Morgan fingerprint density at radius 2 is 1.90 bits per heavy atom.